The molecule has 0 bridgehead atoms. The molecule has 1 aliphatic rings. The summed E-state index contributed by atoms with van der Waals surface area (Å²) in [6.45, 7) is 1.80. The van der Waals surface area contributed by atoms with Gasteiger partial charge in [-0.25, -0.2) is 4.79 Å². The lowest BCUT2D eigenvalue weighted by atomic mass is 9.98. The molecule has 3 aromatic carbocycles. The minimum atomic E-state index is -0.950. The second-order valence-corrected chi connectivity index (χ2v) is 7.36. The number of aryl methyl sites for hydroxylation is 1. The molecular formula is C25H19FN2O4. The summed E-state index contributed by atoms with van der Waals surface area (Å²) >= 11 is 0. The van der Waals surface area contributed by atoms with Gasteiger partial charge in [0.1, 0.15) is 6.61 Å². The van der Waals surface area contributed by atoms with E-state index in [-0.39, 0.29) is 19.1 Å². The third kappa shape index (κ3) is 4.16. The van der Waals surface area contributed by atoms with Crippen LogP contribution < -0.4 is 5.32 Å². The first kappa shape index (κ1) is 21.1. The summed E-state index contributed by atoms with van der Waals surface area (Å²) in [7, 11) is 0. The highest BCUT2D eigenvalue weighted by atomic mass is 19.1. The number of nitrogens with zero attached hydrogens (tertiary/aromatic N) is 1. The molecule has 0 saturated carbocycles. The first-order valence-electron chi connectivity index (χ1n) is 9.98. The third-order valence-corrected chi connectivity index (χ3v) is 5.38. The Morgan fingerprint density at radius 1 is 1.12 bits per heavy atom. The molecule has 0 spiro atoms. The van der Waals surface area contributed by atoms with Crippen LogP contribution in [0.3, 0.4) is 0 Å². The highest BCUT2D eigenvalue weighted by Crippen LogP contribution is 2.44. The Labute approximate surface area is 184 Å². The van der Waals surface area contributed by atoms with E-state index >= 15 is 0 Å². The van der Waals surface area contributed by atoms with Gasteiger partial charge in [0.2, 0.25) is 5.82 Å². The van der Waals surface area contributed by atoms with Crippen LogP contribution in [0.5, 0.6) is 0 Å². The molecule has 7 heteroatoms. The first-order valence-corrected chi connectivity index (χ1v) is 9.98. The van der Waals surface area contributed by atoms with Crippen molar-refractivity contribution in [2.45, 2.75) is 12.8 Å². The molecule has 0 fully saturated rings. The fourth-order valence-corrected chi connectivity index (χ4v) is 3.85. The number of alkyl carbamates (subject to hydrolysis) is 1. The van der Waals surface area contributed by atoms with Crippen molar-refractivity contribution < 1.29 is 18.8 Å². The summed E-state index contributed by atoms with van der Waals surface area (Å²) in [5.74, 6) is 4.44. The zero-order valence-electron chi connectivity index (χ0n) is 17.2. The van der Waals surface area contributed by atoms with Crippen LogP contribution in [0.4, 0.5) is 14.9 Å². The van der Waals surface area contributed by atoms with Crippen molar-refractivity contribution in [3.63, 3.8) is 0 Å². The van der Waals surface area contributed by atoms with Crippen LogP contribution in [-0.2, 0) is 4.74 Å². The van der Waals surface area contributed by atoms with E-state index in [1.54, 1.807) is 6.92 Å². The van der Waals surface area contributed by atoms with Crippen LogP contribution in [0, 0.1) is 34.7 Å². The van der Waals surface area contributed by atoms with Gasteiger partial charge < -0.3 is 10.1 Å². The summed E-state index contributed by atoms with van der Waals surface area (Å²) in [5.41, 5.74) is 4.75. The van der Waals surface area contributed by atoms with Crippen molar-refractivity contribution in [3.8, 4) is 23.0 Å². The minimum Gasteiger partial charge on any atom is -0.449 e. The summed E-state index contributed by atoms with van der Waals surface area (Å²) in [5, 5.41) is 13.3. The van der Waals surface area contributed by atoms with E-state index in [1.807, 2.05) is 36.4 Å². The van der Waals surface area contributed by atoms with E-state index in [1.165, 1.54) is 0 Å². The van der Waals surface area contributed by atoms with Crippen molar-refractivity contribution in [2.75, 3.05) is 13.2 Å². The molecule has 0 aliphatic heterocycles. The minimum absolute atomic E-state index is 0.00524. The van der Waals surface area contributed by atoms with Crippen LogP contribution in [0.1, 0.15) is 28.2 Å². The average Bonchev–Trinajstić information content (AvgIpc) is 3.11. The van der Waals surface area contributed by atoms with Gasteiger partial charge >= 0.3 is 11.8 Å². The van der Waals surface area contributed by atoms with Crippen LogP contribution in [0.25, 0.3) is 11.1 Å². The predicted molar refractivity (Wildman–Crippen MR) is 118 cm³/mol. The Balaban J connectivity index is 1.36. The van der Waals surface area contributed by atoms with E-state index in [4.69, 9.17) is 4.74 Å². The van der Waals surface area contributed by atoms with Crippen molar-refractivity contribution in [1.82, 2.24) is 5.32 Å². The van der Waals surface area contributed by atoms with Crippen LogP contribution >= 0.6 is 0 Å². The number of amides is 1. The van der Waals surface area contributed by atoms with Crippen molar-refractivity contribution in [2.24, 2.45) is 0 Å². The molecule has 0 atom stereocenters. The highest BCUT2D eigenvalue weighted by molar-refractivity contribution is 5.79. The Morgan fingerprint density at radius 3 is 2.38 bits per heavy atom. The van der Waals surface area contributed by atoms with E-state index in [0.717, 1.165) is 34.4 Å². The number of ether oxygens (including phenoxy) is 1. The third-order valence-electron chi connectivity index (χ3n) is 5.38. The van der Waals surface area contributed by atoms with Crippen LogP contribution in [0.2, 0.25) is 0 Å². The largest absolute Gasteiger partial charge is 0.449 e. The summed E-state index contributed by atoms with van der Waals surface area (Å²) < 4.78 is 19.2. The number of nitrogens with one attached hydrogen (secondary N) is 1. The normalized spacial score (nSPS) is 11.7. The van der Waals surface area contributed by atoms with Crippen LogP contribution in [-0.4, -0.2) is 24.2 Å². The molecule has 1 amide bonds. The van der Waals surface area contributed by atoms with Gasteiger partial charge in [0.05, 0.1) is 11.5 Å². The molecule has 0 radical (unpaired) electrons. The molecule has 32 heavy (non-hydrogen) atoms. The Morgan fingerprint density at radius 2 is 1.75 bits per heavy atom. The topological polar surface area (TPSA) is 81.5 Å². The molecular weight excluding hydrogens is 411 g/mol. The Kier molecular flexibility index (Phi) is 5.86. The Hall–Kier alpha value is -4.18. The van der Waals surface area contributed by atoms with Gasteiger partial charge in [-0.3, -0.25) is 10.1 Å². The van der Waals surface area contributed by atoms with Gasteiger partial charge in [0.25, 0.3) is 0 Å². The van der Waals surface area contributed by atoms with Crippen molar-refractivity contribution in [3.05, 3.63) is 98.8 Å². The predicted octanol–water partition coefficient (Wildman–Crippen LogP) is 4.93. The maximum atomic E-state index is 13.8. The average molecular weight is 430 g/mol. The second-order valence-electron chi connectivity index (χ2n) is 7.36. The number of carbonyl (C=O) groups is 1. The number of carbonyl (C=O) groups excluding carboxylic acids is 1. The van der Waals surface area contributed by atoms with E-state index in [2.05, 4.69) is 29.3 Å². The van der Waals surface area contributed by atoms with Gasteiger partial charge in [-0.1, -0.05) is 60.4 Å². The summed E-state index contributed by atoms with van der Waals surface area (Å²) in [6.07, 6.45) is -0.604. The van der Waals surface area contributed by atoms with Crippen molar-refractivity contribution in [1.29, 1.82) is 0 Å². The monoisotopic (exact) mass is 430 g/mol. The number of benzene rings is 3. The molecule has 160 valence electrons. The number of rotatable bonds is 4. The number of hydrogen-bond acceptors (Lipinski definition) is 4. The van der Waals surface area contributed by atoms with Gasteiger partial charge in [-0.2, -0.15) is 4.39 Å². The van der Waals surface area contributed by atoms with Crippen molar-refractivity contribution >= 4 is 11.8 Å². The standard InChI is InChI=1S/C25H19FN2O4/c1-16-13-24(28(30)31)23(26)14-17(16)7-6-12-27-25(29)32-15-22-20-10-4-2-8-18(20)19-9-3-5-11-21(19)22/h2-5,8-11,13-14,22H,12,15H2,1H3,(H,27,29). The lowest BCUT2D eigenvalue weighted by Crippen LogP contribution is -2.26. The SMILES string of the molecule is Cc1cc([N+](=O)[O-])c(F)cc1C#CCNC(=O)OCC1c2ccccc2-c2ccccc21. The molecule has 4 rings (SSSR count). The summed E-state index contributed by atoms with van der Waals surface area (Å²) in [4.78, 5) is 22.1. The Bertz CT molecular complexity index is 1230. The number of halogens is 1. The number of nitro benzene ring substituents is 1. The van der Waals surface area contributed by atoms with Gasteiger partial charge in [0, 0.05) is 17.5 Å². The molecule has 0 heterocycles. The molecule has 6 nitrogen and oxygen atoms in total. The lowest BCUT2D eigenvalue weighted by molar-refractivity contribution is -0.387. The lowest BCUT2D eigenvalue weighted by Gasteiger charge is -2.14. The number of fused-ring (bicyclic) bond motifs is 3. The maximum absolute atomic E-state index is 13.8. The molecule has 3 aromatic rings. The molecule has 0 aromatic heterocycles. The zero-order chi connectivity index (χ0) is 22.7. The second kappa shape index (κ2) is 8.90. The smallest absolute Gasteiger partial charge is 0.407 e. The maximum Gasteiger partial charge on any atom is 0.407 e. The van der Waals surface area contributed by atoms with Gasteiger partial charge in [0.15, 0.2) is 0 Å². The number of hydrogen-bond donors (Lipinski definition) is 1. The zero-order valence-corrected chi connectivity index (χ0v) is 17.2. The fraction of sp³-hybridized carbons (Fsp3) is 0.160. The van der Waals surface area contributed by atoms with Gasteiger partial charge in [-0.15, -0.1) is 0 Å². The molecule has 0 saturated heterocycles. The highest BCUT2D eigenvalue weighted by Gasteiger charge is 2.28. The summed E-state index contributed by atoms with van der Waals surface area (Å²) in [6, 6.07) is 18.3. The fourth-order valence-electron chi connectivity index (χ4n) is 3.85. The van der Waals surface area contributed by atoms with E-state index in [0.29, 0.717) is 11.1 Å². The van der Waals surface area contributed by atoms with Crippen LogP contribution in [0.15, 0.2) is 60.7 Å². The molecule has 1 N–H and O–H groups in total. The quantitative estimate of drug-likeness (QED) is 0.361. The number of nitro groups is 1. The molecule has 1 aliphatic carbocycles. The van der Waals surface area contributed by atoms with Gasteiger partial charge in [-0.05, 0) is 40.8 Å². The molecule has 0 unspecified atom stereocenters. The first-order chi connectivity index (χ1) is 15.5. The van der Waals surface area contributed by atoms with E-state index in [9.17, 15) is 19.3 Å². The van der Waals surface area contributed by atoms with E-state index < -0.39 is 22.5 Å².